The first-order valence-electron chi connectivity index (χ1n) is 13.1. The summed E-state index contributed by atoms with van der Waals surface area (Å²) in [6.07, 6.45) is -0.101. The van der Waals surface area contributed by atoms with Crippen LogP contribution in [0.3, 0.4) is 0 Å². The van der Waals surface area contributed by atoms with Crippen molar-refractivity contribution in [3.63, 3.8) is 0 Å². The van der Waals surface area contributed by atoms with Gasteiger partial charge in [-0.25, -0.2) is 0 Å². The van der Waals surface area contributed by atoms with Gasteiger partial charge in [0, 0.05) is 18.4 Å². The molecule has 194 valence electrons. The molecule has 0 aliphatic carbocycles. The molecule has 3 aromatic carbocycles. The zero-order valence-corrected chi connectivity index (χ0v) is 24.1. The van der Waals surface area contributed by atoms with Crippen LogP contribution in [0.2, 0.25) is 18.1 Å². The molecule has 0 aliphatic rings. The summed E-state index contributed by atoms with van der Waals surface area (Å²) in [7, 11) is -2.04. The zero-order chi connectivity index (χ0) is 26.4. The molecule has 3 aromatic rings. The highest BCUT2D eigenvalue weighted by Crippen LogP contribution is 2.42. The molecule has 0 amide bonds. The minimum absolute atomic E-state index is 0.0114. The van der Waals surface area contributed by atoms with Crippen molar-refractivity contribution in [1.82, 2.24) is 0 Å². The predicted molar refractivity (Wildman–Crippen MR) is 153 cm³/mol. The summed E-state index contributed by atoms with van der Waals surface area (Å²) in [5.41, 5.74) is 2.51. The summed E-state index contributed by atoms with van der Waals surface area (Å²) in [6, 6.07) is 31.4. The molecular formula is C32H44O3Si. The van der Waals surface area contributed by atoms with Crippen LogP contribution in [0, 0.1) is 11.8 Å². The van der Waals surface area contributed by atoms with Crippen molar-refractivity contribution >= 4 is 8.32 Å². The summed E-state index contributed by atoms with van der Waals surface area (Å²) >= 11 is 0. The summed E-state index contributed by atoms with van der Waals surface area (Å²) in [6.45, 7) is 16.2. The van der Waals surface area contributed by atoms with E-state index in [1.165, 1.54) is 0 Å². The van der Waals surface area contributed by atoms with Crippen molar-refractivity contribution in [1.29, 1.82) is 0 Å². The minimum Gasteiger partial charge on any atom is -0.413 e. The van der Waals surface area contributed by atoms with Gasteiger partial charge in [-0.15, -0.1) is 0 Å². The van der Waals surface area contributed by atoms with Gasteiger partial charge in [0.15, 0.2) is 8.32 Å². The van der Waals surface area contributed by atoms with Crippen molar-refractivity contribution in [3.05, 3.63) is 108 Å². The van der Waals surface area contributed by atoms with Crippen LogP contribution in [0.5, 0.6) is 0 Å². The normalized spacial score (nSPS) is 15.3. The Bertz CT molecular complexity index is 948. The maximum Gasteiger partial charge on any atom is 0.192 e. The van der Waals surface area contributed by atoms with E-state index in [1.807, 2.05) is 18.2 Å². The van der Waals surface area contributed by atoms with E-state index in [0.717, 1.165) is 16.7 Å². The maximum atomic E-state index is 10.1. The molecule has 3 atom stereocenters. The van der Waals surface area contributed by atoms with Crippen LogP contribution in [0.15, 0.2) is 91.0 Å². The molecule has 0 radical (unpaired) electrons. The fraction of sp³-hybridized carbons (Fsp3) is 0.438. The second kappa shape index (κ2) is 11.9. The lowest BCUT2D eigenvalue weighted by Crippen LogP contribution is -2.49. The highest BCUT2D eigenvalue weighted by Gasteiger charge is 2.43. The summed E-state index contributed by atoms with van der Waals surface area (Å²) in [5.74, 6) is 0.0917. The van der Waals surface area contributed by atoms with E-state index in [4.69, 9.17) is 9.16 Å². The van der Waals surface area contributed by atoms with Crippen LogP contribution >= 0.6 is 0 Å². The van der Waals surface area contributed by atoms with Crippen molar-refractivity contribution < 1.29 is 14.3 Å². The fourth-order valence-corrected chi connectivity index (χ4v) is 6.03. The molecule has 0 unspecified atom stereocenters. The first-order valence-corrected chi connectivity index (χ1v) is 16.0. The van der Waals surface area contributed by atoms with Crippen LogP contribution in [0.1, 0.15) is 51.3 Å². The van der Waals surface area contributed by atoms with E-state index in [-0.39, 0.29) is 29.6 Å². The Kier molecular flexibility index (Phi) is 9.34. The molecule has 0 aliphatic heterocycles. The number of aliphatic hydroxyl groups excluding tert-OH is 1. The monoisotopic (exact) mass is 504 g/mol. The number of rotatable bonds is 11. The van der Waals surface area contributed by atoms with E-state index in [9.17, 15) is 5.11 Å². The molecule has 0 aromatic heterocycles. The van der Waals surface area contributed by atoms with E-state index in [0.29, 0.717) is 6.61 Å². The minimum atomic E-state index is -2.04. The fourth-order valence-electron chi connectivity index (χ4n) is 4.53. The molecule has 0 saturated carbocycles. The molecule has 0 spiro atoms. The summed E-state index contributed by atoms with van der Waals surface area (Å²) in [5, 5.41) is 10.2. The zero-order valence-electron chi connectivity index (χ0n) is 23.1. The third-order valence-electron chi connectivity index (χ3n) is 7.75. The molecule has 0 saturated heterocycles. The highest BCUT2D eigenvalue weighted by molar-refractivity contribution is 6.74. The van der Waals surface area contributed by atoms with Gasteiger partial charge in [-0.05, 0) is 34.8 Å². The SMILES string of the molecule is C[C@H](CO)[C@H](O[Si](C)(C)C(C)(C)C)[C@@H](C)COC(c1ccccc1)(c1ccccc1)c1ccccc1. The quantitative estimate of drug-likeness (QED) is 0.215. The number of aliphatic hydroxyl groups is 1. The van der Waals surface area contributed by atoms with Gasteiger partial charge in [-0.2, -0.15) is 0 Å². The molecule has 0 fully saturated rings. The Balaban J connectivity index is 2.04. The number of hydrogen-bond donors (Lipinski definition) is 1. The third-order valence-corrected chi connectivity index (χ3v) is 12.2. The number of ether oxygens (including phenoxy) is 1. The Hall–Kier alpha value is -2.24. The average molecular weight is 505 g/mol. The number of benzene rings is 3. The standard InChI is InChI=1S/C32H44O3Si/c1-25(23-33)30(35-36(6,7)31(3,4)5)26(2)24-34-32(27-17-11-8-12-18-27,28-19-13-9-14-20-28)29-21-15-10-16-22-29/h8-22,25-26,30,33H,23-24H2,1-7H3/t25-,26+,30+/m1/s1. The molecule has 0 heterocycles. The smallest absolute Gasteiger partial charge is 0.192 e. The maximum absolute atomic E-state index is 10.1. The van der Waals surface area contributed by atoms with Crippen LogP contribution in [0.25, 0.3) is 0 Å². The highest BCUT2D eigenvalue weighted by atomic mass is 28.4. The largest absolute Gasteiger partial charge is 0.413 e. The molecular weight excluding hydrogens is 460 g/mol. The van der Waals surface area contributed by atoms with Gasteiger partial charge in [0.05, 0.1) is 12.7 Å². The Morgan fingerprint density at radius 3 is 1.42 bits per heavy atom. The molecule has 1 N–H and O–H groups in total. The van der Waals surface area contributed by atoms with Gasteiger partial charge in [-0.1, -0.05) is 126 Å². The first kappa shape index (κ1) is 28.3. The third kappa shape index (κ3) is 6.17. The Morgan fingerprint density at radius 2 is 1.08 bits per heavy atom. The summed E-state index contributed by atoms with van der Waals surface area (Å²) < 4.78 is 14.0. The van der Waals surface area contributed by atoms with Crippen molar-refractivity contribution in [2.75, 3.05) is 13.2 Å². The van der Waals surface area contributed by atoms with Crippen molar-refractivity contribution in [2.45, 2.75) is 64.5 Å². The second-order valence-corrected chi connectivity index (χ2v) is 16.3. The molecule has 36 heavy (non-hydrogen) atoms. The van der Waals surface area contributed by atoms with Crippen LogP contribution in [0.4, 0.5) is 0 Å². The first-order chi connectivity index (χ1) is 17.0. The van der Waals surface area contributed by atoms with E-state index >= 15 is 0 Å². The lowest BCUT2D eigenvalue weighted by Gasteiger charge is -2.43. The van der Waals surface area contributed by atoms with E-state index in [2.05, 4.69) is 121 Å². The number of hydrogen-bond acceptors (Lipinski definition) is 3. The molecule has 0 bridgehead atoms. The second-order valence-electron chi connectivity index (χ2n) is 11.6. The molecule has 3 rings (SSSR count). The van der Waals surface area contributed by atoms with E-state index < -0.39 is 13.9 Å². The van der Waals surface area contributed by atoms with Gasteiger partial charge in [-0.3, -0.25) is 0 Å². The van der Waals surface area contributed by atoms with Crippen molar-refractivity contribution in [2.24, 2.45) is 11.8 Å². The van der Waals surface area contributed by atoms with Gasteiger partial charge in [0.25, 0.3) is 0 Å². The predicted octanol–water partition coefficient (Wildman–Crippen LogP) is 7.65. The Labute approximate surface area is 219 Å². The average Bonchev–Trinajstić information content (AvgIpc) is 2.88. The van der Waals surface area contributed by atoms with E-state index in [1.54, 1.807) is 0 Å². The van der Waals surface area contributed by atoms with Crippen LogP contribution < -0.4 is 0 Å². The van der Waals surface area contributed by atoms with Crippen LogP contribution in [-0.2, 0) is 14.8 Å². The Morgan fingerprint density at radius 1 is 0.694 bits per heavy atom. The van der Waals surface area contributed by atoms with Gasteiger partial charge >= 0.3 is 0 Å². The van der Waals surface area contributed by atoms with Crippen molar-refractivity contribution in [3.8, 4) is 0 Å². The van der Waals surface area contributed by atoms with Crippen LogP contribution in [-0.4, -0.2) is 32.7 Å². The topological polar surface area (TPSA) is 38.7 Å². The van der Waals surface area contributed by atoms with Gasteiger partial charge < -0.3 is 14.3 Å². The lowest BCUT2D eigenvalue weighted by atomic mass is 9.80. The van der Waals surface area contributed by atoms with Gasteiger partial charge in [0.2, 0.25) is 0 Å². The molecule has 3 nitrogen and oxygen atoms in total. The van der Waals surface area contributed by atoms with Gasteiger partial charge in [0.1, 0.15) is 5.60 Å². The lowest BCUT2D eigenvalue weighted by molar-refractivity contribution is -0.0457. The molecule has 4 heteroatoms. The summed E-state index contributed by atoms with van der Waals surface area (Å²) in [4.78, 5) is 0.